The molecule has 2 N–H and O–H groups in total. The second kappa shape index (κ2) is 5.42. The fourth-order valence-electron chi connectivity index (χ4n) is 1.55. The zero-order valence-corrected chi connectivity index (χ0v) is 8.71. The summed E-state index contributed by atoms with van der Waals surface area (Å²) >= 11 is 0. The van der Waals surface area contributed by atoms with Crippen LogP contribution >= 0.6 is 24.8 Å². The smallest absolute Gasteiger partial charge is 0.248 e. The minimum Gasteiger partial charge on any atom is -0.316 e. The Bertz CT molecular complexity index is 220. The van der Waals surface area contributed by atoms with Crippen LogP contribution in [-0.2, 0) is 4.79 Å². The molecule has 1 saturated heterocycles. The lowest BCUT2D eigenvalue weighted by atomic mass is 9.99. The average Bonchev–Trinajstić information content (AvgIpc) is 2.25. The molecule has 2 heterocycles. The molecule has 2 aliphatic rings. The van der Waals surface area contributed by atoms with Crippen molar-refractivity contribution in [3.63, 3.8) is 0 Å². The Labute approximate surface area is 89.4 Å². The summed E-state index contributed by atoms with van der Waals surface area (Å²) in [5.74, 6) is 0.133. The molecule has 1 fully saturated rings. The molecule has 76 valence electrons. The fraction of sp³-hybridized carbons (Fsp3) is 0.714. The van der Waals surface area contributed by atoms with Gasteiger partial charge >= 0.3 is 0 Å². The third-order valence-corrected chi connectivity index (χ3v) is 2.20. The molecule has 0 aromatic rings. The fourth-order valence-corrected chi connectivity index (χ4v) is 1.55. The molecule has 1 atom stereocenters. The predicted octanol–water partition coefficient (Wildman–Crippen LogP) is 0.315. The third kappa shape index (κ3) is 2.56. The Balaban J connectivity index is 0.000000720. The van der Waals surface area contributed by atoms with E-state index in [2.05, 4.69) is 15.8 Å². The first-order valence-corrected chi connectivity index (χ1v) is 3.95. The molecule has 2 rings (SSSR count). The minimum absolute atomic E-state index is 0. The molecule has 1 unspecified atom stereocenters. The number of halogens is 2. The van der Waals surface area contributed by atoms with Gasteiger partial charge in [0.25, 0.3) is 0 Å². The number of hydrogen-bond acceptors (Lipinski definition) is 3. The highest BCUT2D eigenvalue weighted by Crippen LogP contribution is 2.15. The maximum atomic E-state index is 11.1. The molecule has 13 heavy (non-hydrogen) atoms. The second-order valence-corrected chi connectivity index (χ2v) is 2.92. The molecule has 1 amide bonds. The van der Waals surface area contributed by atoms with E-state index in [1.54, 1.807) is 0 Å². The molecule has 0 bridgehead atoms. The Morgan fingerprint density at radius 3 is 2.85 bits per heavy atom. The van der Waals surface area contributed by atoms with E-state index in [4.69, 9.17) is 0 Å². The van der Waals surface area contributed by atoms with Gasteiger partial charge in [0, 0.05) is 13.0 Å². The molecule has 6 heteroatoms. The maximum absolute atomic E-state index is 11.1. The molecule has 0 spiro atoms. The predicted molar refractivity (Wildman–Crippen MR) is 55.7 cm³/mol. The number of rotatable bonds is 0. The van der Waals surface area contributed by atoms with E-state index in [1.165, 1.54) is 0 Å². The summed E-state index contributed by atoms with van der Waals surface area (Å²) in [6, 6.07) is 0. The second-order valence-electron chi connectivity index (χ2n) is 2.92. The van der Waals surface area contributed by atoms with Gasteiger partial charge in [-0.05, 0) is 13.0 Å². The quantitative estimate of drug-likeness (QED) is 0.624. The minimum atomic E-state index is 0. The molecular weight excluding hydrogens is 213 g/mol. The summed E-state index contributed by atoms with van der Waals surface area (Å²) in [5.41, 5.74) is 3.54. The van der Waals surface area contributed by atoms with Crippen LogP contribution in [0.5, 0.6) is 0 Å². The van der Waals surface area contributed by atoms with E-state index < -0.39 is 0 Å². The van der Waals surface area contributed by atoms with Gasteiger partial charge in [-0.2, -0.15) is 5.10 Å². The highest BCUT2D eigenvalue weighted by Gasteiger charge is 2.30. The highest BCUT2D eigenvalue weighted by molar-refractivity contribution is 6.08. The molecular formula is C7H13Cl2N3O. The Hall–Kier alpha value is -0.320. The molecule has 2 aliphatic heterocycles. The van der Waals surface area contributed by atoms with Crippen LogP contribution in [0.3, 0.4) is 0 Å². The largest absolute Gasteiger partial charge is 0.316 e. The van der Waals surface area contributed by atoms with Gasteiger partial charge in [-0.3, -0.25) is 4.79 Å². The topological polar surface area (TPSA) is 53.5 Å². The molecule has 0 aromatic heterocycles. The van der Waals surface area contributed by atoms with Gasteiger partial charge in [0.05, 0.1) is 11.6 Å². The first-order chi connectivity index (χ1) is 5.38. The number of carbonyl (C=O) groups excluding carboxylic acids is 1. The highest BCUT2D eigenvalue weighted by atomic mass is 35.5. The number of nitrogens with zero attached hydrogens (tertiary/aromatic N) is 1. The van der Waals surface area contributed by atoms with Crippen LogP contribution in [0, 0.1) is 5.92 Å². The van der Waals surface area contributed by atoms with Crippen LogP contribution < -0.4 is 10.7 Å². The van der Waals surface area contributed by atoms with Crippen LogP contribution in [0.4, 0.5) is 0 Å². The number of hydrazone groups is 1. The number of fused-ring (bicyclic) bond motifs is 1. The summed E-state index contributed by atoms with van der Waals surface area (Å²) in [6.45, 7) is 1.88. The van der Waals surface area contributed by atoms with Gasteiger partial charge in [-0.15, -0.1) is 24.8 Å². The van der Waals surface area contributed by atoms with E-state index in [0.29, 0.717) is 0 Å². The molecule has 0 aromatic carbocycles. The summed E-state index contributed by atoms with van der Waals surface area (Å²) < 4.78 is 0. The Morgan fingerprint density at radius 1 is 1.31 bits per heavy atom. The summed E-state index contributed by atoms with van der Waals surface area (Å²) in [5, 5.41) is 7.21. The van der Waals surface area contributed by atoms with Crippen molar-refractivity contribution in [2.45, 2.75) is 12.8 Å². The van der Waals surface area contributed by atoms with Crippen LogP contribution in [0.2, 0.25) is 0 Å². The van der Waals surface area contributed by atoms with Crippen molar-refractivity contribution in [1.82, 2.24) is 10.7 Å². The van der Waals surface area contributed by atoms with Gasteiger partial charge in [0.1, 0.15) is 0 Å². The van der Waals surface area contributed by atoms with Crippen molar-refractivity contribution >= 4 is 36.4 Å². The maximum Gasteiger partial charge on any atom is 0.248 e. The summed E-state index contributed by atoms with van der Waals surface area (Å²) in [6.07, 6.45) is 1.80. The van der Waals surface area contributed by atoms with Crippen molar-refractivity contribution in [1.29, 1.82) is 0 Å². The van der Waals surface area contributed by atoms with E-state index >= 15 is 0 Å². The molecule has 0 saturated carbocycles. The van der Waals surface area contributed by atoms with E-state index in [1.807, 2.05) is 0 Å². The molecule has 0 aliphatic carbocycles. The zero-order valence-electron chi connectivity index (χ0n) is 7.08. The number of carbonyl (C=O) groups is 1. The van der Waals surface area contributed by atoms with Crippen molar-refractivity contribution in [3.8, 4) is 0 Å². The van der Waals surface area contributed by atoms with Crippen LogP contribution in [0.25, 0.3) is 0 Å². The van der Waals surface area contributed by atoms with Gasteiger partial charge in [-0.25, -0.2) is 5.43 Å². The van der Waals surface area contributed by atoms with Gasteiger partial charge < -0.3 is 5.32 Å². The van der Waals surface area contributed by atoms with E-state index in [-0.39, 0.29) is 36.6 Å². The monoisotopic (exact) mass is 225 g/mol. The van der Waals surface area contributed by atoms with E-state index in [9.17, 15) is 4.79 Å². The lowest BCUT2D eigenvalue weighted by Gasteiger charge is -2.02. The summed E-state index contributed by atoms with van der Waals surface area (Å²) in [4.78, 5) is 11.1. The standard InChI is InChI=1S/C7H11N3O.2ClH/c11-7-5-1-3-8-4-2-6(5)9-10-7;;/h5,8H,1-4H2,(H,10,11);2*1H. The third-order valence-electron chi connectivity index (χ3n) is 2.20. The van der Waals surface area contributed by atoms with Crippen LogP contribution in [-0.4, -0.2) is 24.7 Å². The van der Waals surface area contributed by atoms with Crippen molar-refractivity contribution in [2.24, 2.45) is 11.0 Å². The number of hydrogen-bond donors (Lipinski definition) is 2. The zero-order chi connectivity index (χ0) is 7.68. The van der Waals surface area contributed by atoms with Crippen LogP contribution in [0.1, 0.15) is 12.8 Å². The van der Waals surface area contributed by atoms with Gasteiger partial charge in [-0.1, -0.05) is 0 Å². The Kier molecular flexibility index (Phi) is 5.29. The van der Waals surface area contributed by atoms with Crippen molar-refractivity contribution in [2.75, 3.05) is 13.1 Å². The SMILES string of the molecule is Cl.Cl.O=C1NN=C2CCNCCC12. The lowest BCUT2D eigenvalue weighted by molar-refractivity contribution is -0.122. The number of amides is 1. The lowest BCUT2D eigenvalue weighted by Crippen LogP contribution is -2.23. The van der Waals surface area contributed by atoms with Crippen LogP contribution in [0.15, 0.2) is 5.10 Å². The normalized spacial score (nSPS) is 25.7. The number of nitrogens with one attached hydrogen (secondary N) is 2. The average molecular weight is 226 g/mol. The molecule has 0 radical (unpaired) electrons. The summed E-state index contributed by atoms with van der Waals surface area (Å²) in [7, 11) is 0. The first-order valence-electron chi connectivity index (χ1n) is 3.95. The van der Waals surface area contributed by atoms with E-state index in [0.717, 1.165) is 31.6 Å². The van der Waals surface area contributed by atoms with Crippen molar-refractivity contribution in [3.05, 3.63) is 0 Å². The molecule has 4 nitrogen and oxygen atoms in total. The van der Waals surface area contributed by atoms with Crippen molar-refractivity contribution < 1.29 is 4.79 Å². The Morgan fingerprint density at radius 2 is 2.08 bits per heavy atom. The van der Waals surface area contributed by atoms with Gasteiger partial charge in [0.2, 0.25) is 5.91 Å². The first kappa shape index (κ1) is 12.7. The van der Waals surface area contributed by atoms with Gasteiger partial charge in [0.15, 0.2) is 0 Å².